The molecule has 2 aliphatic rings. The van der Waals surface area contributed by atoms with Crippen molar-refractivity contribution in [3.05, 3.63) is 101 Å². The van der Waals surface area contributed by atoms with Crippen molar-refractivity contribution < 1.29 is 19.3 Å². The average Bonchev–Trinajstić information content (AvgIpc) is 3.75. The Bertz CT molecular complexity index is 1010. The van der Waals surface area contributed by atoms with E-state index in [1.165, 1.54) is 0 Å². The van der Waals surface area contributed by atoms with Crippen LogP contribution in [-0.2, 0) is 14.2 Å². The number of epoxide rings is 2. The van der Waals surface area contributed by atoms with Gasteiger partial charge in [0.25, 0.3) is 0 Å². The summed E-state index contributed by atoms with van der Waals surface area (Å²) in [6, 6.07) is 25.8. The predicted molar refractivity (Wildman–Crippen MR) is 129 cm³/mol. The quantitative estimate of drug-likeness (QED) is 0.378. The summed E-state index contributed by atoms with van der Waals surface area (Å²) >= 11 is 0. The first-order valence-electron chi connectivity index (χ1n) is 10.9. The Labute approximate surface area is 189 Å². The zero-order valence-electron chi connectivity index (χ0n) is 18.0. The molecule has 1 N–H and O–H groups in total. The van der Waals surface area contributed by atoms with Gasteiger partial charge in [0.15, 0.2) is 0 Å². The molecule has 2 unspecified atom stereocenters. The molecule has 2 heterocycles. The minimum Gasteiger partial charge on any atom is -0.507 e. The van der Waals surface area contributed by atoms with Crippen molar-refractivity contribution in [3.8, 4) is 5.75 Å². The lowest BCUT2D eigenvalue weighted by Gasteiger charge is -2.04. The third-order valence-electron chi connectivity index (χ3n) is 5.03. The Hall–Kier alpha value is -3.18. The number of rotatable bonds is 8. The second-order valence-electron chi connectivity index (χ2n) is 7.72. The van der Waals surface area contributed by atoms with Crippen LogP contribution in [0.2, 0.25) is 0 Å². The fourth-order valence-corrected chi connectivity index (χ4v) is 3.05. The minimum absolute atomic E-state index is 0.285. The highest BCUT2D eigenvalue weighted by atomic mass is 16.6. The van der Waals surface area contributed by atoms with E-state index in [1.807, 2.05) is 78.9 Å². The predicted octanol–water partition coefficient (Wildman–Crippen LogP) is 5.53. The lowest BCUT2D eigenvalue weighted by molar-refractivity contribution is 0.102. The van der Waals surface area contributed by atoms with Crippen molar-refractivity contribution in [3.63, 3.8) is 0 Å². The maximum absolute atomic E-state index is 10.2. The van der Waals surface area contributed by atoms with Gasteiger partial charge in [-0.3, -0.25) is 0 Å². The van der Waals surface area contributed by atoms with Crippen molar-refractivity contribution in [1.29, 1.82) is 0 Å². The topological polar surface area (TPSA) is 54.5 Å². The third-order valence-corrected chi connectivity index (χ3v) is 5.03. The van der Waals surface area contributed by atoms with E-state index < -0.39 is 0 Å². The summed E-state index contributed by atoms with van der Waals surface area (Å²) in [7, 11) is 0. The molecule has 2 saturated heterocycles. The summed E-state index contributed by atoms with van der Waals surface area (Å²) in [5.41, 5.74) is 4.05. The summed E-state index contributed by atoms with van der Waals surface area (Å²) in [6.45, 7) is 3.26. The summed E-state index contributed by atoms with van der Waals surface area (Å²) in [5, 5.41) is 10.2. The van der Waals surface area contributed by atoms with Gasteiger partial charge in [-0.05, 0) is 22.8 Å². The van der Waals surface area contributed by atoms with E-state index in [4.69, 9.17) is 14.2 Å². The number of benzene rings is 3. The molecule has 2 atom stereocenters. The Morgan fingerprint density at radius 2 is 1.22 bits per heavy atom. The van der Waals surface area contributed by atoms with Crippen LogP contribution in [0, 0.1) is 0 Å². The zero-order chi connectivity index (χ0) is 22.0. The zero-order valence-corrected chi connectivity index (χ0v) is 18.0. The maximum Gasteiger partial charge on any atom is 0.123 e. The molecule has 0 radical (unpaired) electrons. The molecule has 0 bridgehead atoms. The first-order valence-corrected chi connectivity index (χ1v) is 10.9. The van der Waals surface area contributed by atoms with Gasteiger partial charge in [0.05, 0.1) is 26.4 Å². The Morgan fingerprint density at radius 1 is 0.688 bits per heavy atom. The van der Waals surface area contributed by atoms with Gasteiger partial charge in [0.2, 0.25) is 0 Å². The van der Waals surface area contributed by atoms with Crippen molar-refractivity contribution in [2.24, 2.45) is 0 Å². The van der Waals surface area contributed by atoms with E-state index >= 15 is 0 Å². The standard InChI is InChI=1S/C22H18O.C6H10O3/c23-22-13-7-12-20(16-14-18-8-3-1-4-9-18)21(22)17-15-19-10-5-2-6-11-19;1(5-3-8-5)7-2-6-4-9-6/h1-17,23H;5-6H,1-4H2. The number of hydrogen-bond donors (Lipinski definition) is 1. The van der Waals surface area contributed by atoms with E-state index in [2.05, 4.69) is 18.2 Å². The maximum atomic E-state index is 10.2. The Kier molecular flexibility index (Phi) is 7.88. The van der Waals surface area contributed by atoms with E-state index in [0.29, 0.717) is 12.2 Å². The Morgan fingerprint density at radius 3 is 1.75 bits per heavy atom. The van der Waals surface area contributed by atoms with Crippen LogP contribution in [0.15, 0.2) is 78.9 Å². The molecule has 3 aromatic rings. The highest BCUT2D eigenvalue weighted by Gasteiger charge is 2.26. The molecule has 4 heteroatoms. The summed E-state index contributed by atoms with van der Waals surface area (Å²) < 4.78 is 15.1. The molecule has 0 amide bonds. The summed E-state index contributed by atoms with van der Waals surface area (Å²) in [6.07, 6.45) is 8.82. The molecule has 0 aliphatic carbocycles. The molecule has 2 aliphatic heterocycles. The second kappa shape index (κ2) is 11.4. The van der Waals surface area contributed by atoms with E-state index in [-0.39, 0.29) is 5.75 Å². The van der Waals surface area contributed by atoms with Crippen LogP contribution in [0.5, 0.6) is 5.75 Å². The van der Waals surface area contributed by atoms with E-state index in [9.17, 15) is 5.11 Å². The largest absolute Gasteiger partial charge is 0.507 e. The lowest BCUT2D eigenvalue weighted by atomic mass is 10.0. The van der Waals surface area contributed by atoms with Crippen molar-refractivity contribution in [1.82, 2.24) is 0 Å². The third kappa shape index (κ3) is 7.50. The SMILES string of the molecule is C(OCC1CO1)C1CO1.Oc1cccc(C=Cc2ccccc2)c1C=Cc1ccccc1. The van der Waals surface area contributed by atoms with Gasteiger partial charge in [-0.15, -0.1) is 0 Å². The molecule has 32 heavy (non-hydrogen) atoms. The molecule has 2 fully saturated rings. The molecule has 4 nitrogen and oxygen atoms in total. The number of hydrogen-bond acceptors (Lipinski definition) is 4. The monoisotopic (exact) mass is 428 g/mol. The molecular formula is C28H28O4. The van der Waals surface area contributed by atoms with Crippen LogP contribution in [0.3, 0.4) is 0 Å². The van der Waals surface area contributed by atoms with Gasteiger partial charge in [-0.2, -0.15) is 0 Å². The van der Waals surface area contributed by atoms with Gasteiger partial charge in [0.1, 0.15) is 18.0 Å². The fraction of sp³-hybridized carbons (Fsp3) is 0.214. The Balaban J connectivity index is 0.000000225. The number of phenols is 1. The van der Waals surface area contributed by atoms with Gasteiger partial charge in [-0.25, -0.2) is 0 Å². The van der Waals surface area contributed by atoms with Gasteiger partial charge in [0, 0.05) is 5.56 Å². The molecule has 0 spiro atoms. The van der Waals surface area contributed by atoms with Crippen LogP contribution in [0.4, 0.5) is 0 Å². The van der Waals surface area contributed by atoms with Crippen LogP contribution in [0.25, 0.3) is 24.3 Å². The van der Waals surface area contributed by atoms with Gasteiger partial charge < -0.3 is 19.3 Å². The molecule has 3 aromatic carbocycles. The van der Waals surface area contributed by atoms with Crippen LogP contribution < -0.4 is 0 Å². The summed E-state index contributed by atoms with van der Waals surface area (Å²) in [4.78, 5) is 0. The van der Waals surface area contributed by atoms with Crippen LogP contribution in [-0.4, -0.2) is 43.7 Å². The van der Waals surface area contributed by atoms with Gasteiger partial charge >= 0.3 is 0 Å². The highest BCUT2D eigenvalue weighted by molar-refractivity contribution is 5.81. The van der Waals surface area contributed by atoms with Crippen molar-refractivity contribution >= 4 is 24.3 Å². The van der Waals surface area contributed by atoms with Gasteiger partial charge in [-0.1, -0.05) is 97.1 Å². The van der Waals surface area contributed by atoms with E-state index in [1.54, 1.807) is 6.07 Å². The molecular weight excluding hydrogens is 400 g/mol. The number of ether oxygens (including phenoxy) is 3. The van der Waals surface area contributed by atoms with E-state index in [0.717, 1.165) is 48.7 Å². The van der Waals surface area contributed by atoms with Crippen LogP contribution >= 0.6 is 0 Å². The van der Waals surface area contributed by atoms with Crippen molar-refractivity contribution in [2.45, 2.75) is 12.2 Å². The molecule has 0 saturated carbocycles. The number of aromatic hydroxyl groups is 1. The minimum atomic E-state index is 0.285. The van der Waals surface area contributed by atoms with Crippen LogP contribution in [0.1, 0.15) is 22.3 Å². The summed E-state index contributed by atoms with van der Waals surface area (Å²) in [5.74, 6) is 0.285. The normalized spacial score (nSPS) is 19.0. The molecule has 164 valence electrons. The highest BCUT2D eigenvalue weighted by Crippen LogP contribution is 2.25. The first-order chi connectivity index (χ1) is 15.8. The van der Waals surface area contributed by atoms with Crippen molar-refractivity contribution in [2.75, 3.05) is 26.4 Å². The lowest BCUT2D eigenvalue weighted by Crippen LogP contribution is -2.06. The fourth-order valence-electron chi connectivity index (χ4n) is 3.05. The number of phenolic OH excluding ortho intramolecular Hbond substituents is 1. The second-order valence-corrected chi connectivity index (χ2v) is 7.72. The smallest absolute Gasteiger partial charge is 0.123 e. The molecule has 5 rings (SSSR count). The molecule has 0 aromatic heterocycles. The first kappa shape index (κ1) is 22.0. The average molecular weight is 429 g/mol.